The zero-order chi connectivity index (χ0) is 12.3. The smallest absolute Gasteiger partial charge is 0.372 e. The van der Waals surface area contributed by atoms with Gasteiger partial charge in [0.05, 0.1) is 12.2 Å². The molecule has 0 aromatic rings. The van der Waals surface area contributed by atoms with Crippen LogP contribution in [0.2, 0.25) is 0 Å². The van der Waals surface area contributed by atoms with Crippen molar-refractivity contribution >= 4 is 8.03 Å². The molecule has 2 fully saturated rings. The summed E-state index contributed by atoms with van der Waals surface area (Å²) in [6.45, 7) is 4.36. The van der Waals surface area contributed by atoms with Gasteiger partial charge in [-0.2, -0.15) is 0 Å². The third-order valence-corrected chi connectivity index (χ3v) is 5.12. The minimum Gasteiger partial charge on any atom is -0.372 e. The first-order valence-corrected chi connectivity index (χ1v) is 8.16. The monoisotopic (exact) mass is 259 g/mol. The second-order valence-electron chi connectivity index (χ2n) is 5.59. The molecular formula is C13H24O3P+. The Balaban J connectivity index is 1.69. The van der Waals surface area contributed by atoms with Crippen molar-refractivity contribution < 1.29 is 13.8 Å². The Kier molecular flexibility index (Phi) is 4.96. The summed E-state index contributed by atoms with van der Waals surface area (Å²) < 4.78 is 22.9. The normalized spacial score (nSPS) is 31.4. The van der Waals surface area contributed by atoms with Crippen molar-refractivity contribution in [2.24, 2.45) is 5.92 Å². The summed E-state index contributed by atoms with van der Waals surface area (Å²) in [5.74, 6) is 0.777. The minimum atomic E-state index is -1.51. The maximum absolute atomic E-state index is 11.5. The molecule has 1 heterocycles. The molecule has 2 rings (SSSR count). The average Bonchev–Trinajstić information content (AvgIpc) is 2.95. The van der Waals surface area contributed by atoms with E-state index in [4.69, 9.17) is 9.26 Å². The first-order valence-electron chi connectivity index (χ1n) is 6.91. The molecule has 1 unspecified atom stereocenters. The predicted octanol–water partition coefficient (Wildman–Crippen LogP) is 3.89. The van der Waals surface area contributed by atoms with E-state index in [1.165, 1.54) is 25.7 Å². The largest absolute Gasteiger partial charge is 0.510 e. The van der Waals surface area contributed by atoms with Gasteiger partial charge in [0.1, 0.15) is 6.61 Å². The van der Waals surface area contributed by atoms with Gasteiger partial charge in [0.2, 0.25) is 0 Å². The van der Waals surface area contributed by atoms with Crippen LogP contribution in [0, 0.1) is 5.92 Å². The molecule has 2 aliphatic rings. The van der Waals surface area contributed by atoms with Crippen LogP contribution >= 0.6 is 8.03 Å². The summed E-state index contributed by atoms with van der Waals surface area (Å²) in [4.78, 5) is 0. The van der Waals surface area contributed by atoms with Gasteiger partial charge in [0.25, 0.3) is 0 Å². The third kappa shape index (κ3) is 3.74. The van der Waals surface area contributed by atoms with Crippen LogP contribution in [0.5, 0.6) is 0 Å². The van der Waals surface area contributed by atoms with Gasteiger partial charge in [-0.25, -0.2) is 0 Å². The highest BCUT2D eigenvalue weighted by atomic mass is 31.1. The molecule has 98 valence electrons. The van der Waals surface area contributed by atoms with Gasteiger partial charge in [-0.05, 0) is 50.0 Å². The van der Waals surface area contributed by atoms with Crippen LogP contribution in [0.25, 0.3) is 0 Å². The highest BCUT2D eigenvalue weighted by Gasteiger charge is 2.35. The summed E-state index contributed by atoms with van der Waals surface area (Å²) in [5, 5.41) is 0. The Morgan fingerprint density at radius 2 is 1.94 bits per heavy atom. The van der Waals surface area contributed by atoms with Crippen LogP contribution in [0.1, 0.15) is 52.4 Å². The highest BCUT2D eigenvalue weighted by Crippen LogP contribution is 2.37. The molecule has 0 N–H and O–H groups in total. The number of hydrogen-bond acceptors (Lipinski definition) is 3. The van der Waals surface area contributed by atoms with Gasteiger partial charge in [-0.15, -0.1) is 4.52 Å². The molecule has 0 aromatic carbocycles. The molecule has 3 atom stereocenters. The summed E-state index contributed by atoms with van der Waals surface area (Å²) >= 11 is 0. The quantitative estimate of drug-likeness (QED) is 0.703. The lowest BCUT2D eigenvalue weighted by molar-refractivity contribution is -0.00697. The third-order valence-electron chi connectivity index (χ3n) is 3.88. The molecule has 0 amide bonds. The Bertz CT molecular complexity index is 261. The minimum absolute atomic E-state index is 0.108. The van der Waals surface area contributed by atoms with E-state index in [-0.39, 0.29) is 11.8 Å². The highest BCUT2D eigenvalue weighted by molar-refractivity contribution is 7.39. The van der Waals surface area contributed by atoms with Crippen molar-refractivity contribution in [1.82, 2.24) is 0 Å². The van der Waals surface area contributed by atoms with Crippen molar-refractivity contribution in [3.8, 4) is 0 Å². The molecule has 1 aliphatic carbocycles. The van der Waals surface area contributed by atoms with Gasteiger partial charge in [-0.1, -0.05) is 12.8 Å². The number of rotatable bonds is 5. The summed E-state index contributed by atoms with van der Waals surface area (Å²) in [7, 11) is -1.51. The lowest BCUT2D eigenvalue weighted by Gasteiger charge is -2.18. The van der Waals surface area contributed by atoms with Gasteiger partial charge in [0.15, 0.2) is 5.66 Å². The Morgan fingerprint density at radius 3 is 2.59 bits per heavy atom. The Morgan fingerprint density at radius 1 is 1.24 bits per heavy atom. The maximum Gasteiger partial charge on any atom is 0.510 e. The van der Waals surface area contributed by atoms with Gasteiger partial charge >= 0.3 is 8.03 Å². The standard InChI is InChI=1S/C13H24O3P/c1-10(2)17(14)15-9-12-7-8-13(16-12)11-5-3-4-6-11/h10-13H,3-9H2,1-2H3/q+1/t12-,13+/m0/s1. The summed E-state index contributed by atoms with van der Waals surface area (Å²) in [6.07, 6.45) is 8.26. The molecule has 1 saturated carbocycles. The second-order valence-corrected chi connectivity index (χ2v) is 7.46. The van der Waals surface area contributed by atoms with Crippen molar-refractivity contribution in [2.75, 3.05) is 6.61 Å². The van der Waals surface area contributed by atoms with E-state index < -0.39 is 8.03 Å². The molecule has 3 nitrogen and oxygen atoms in total. The van der Waals surface area contributed by atoms with Crippen LogP contribution < -0.4 is 0 Å². The fourth-order valence-corrected chi connectivity index (χ4v) is 3.45. The molecule has 1 aliphatic heterocycles. The van der Waals surface area contributed by atoms with Crippen LogP contribution in [-0.4, -0.2) is 24.5 Å². The van der Waals surface area contributed by atoms with E-state index in [0.29, 0.717) is 12.7 Å². The topological polar surface area (TPSA) is 35.5 Å². The van der Waals surface area contributed by atoms with Gasteiger partial charge in [-0.3, -0.25) is 0 Å². The van der Waals surface area contributed by atoms with Crippen molar-refractivity contribution in [3.05, 3.63) is 0 Å². The molecular weight excluding hydrogens is 235 g/mol. The lowest BCUT2D eigenvalue weighted by Crippen LogP contribution is -2.21. The van der Waals surface area contributed by atoms with E-state index in [1.807, 2.05) is 13.8 Å². The summed E-state index contributed by atoms with van der Waals surface area (Å²) in [6, 6.07) is 0. The van der Waals surface area contributed by atoms with Crippen molar-refractivity contribution in [1.29, 1.82) is 0 Å². The zero-order valence-corrected chi connectivity index (χ0v) is 11.8. The summed E-state index contributed by atoms with van der Waals surface area (Å²) in [5.41, 5.74) is 0.108. The van der Waals surface area contributed by atoms with Gasteiger partial charge < -0.3 is 4.74 Å². The van der Waals surface area contributed by atoms with E-state index in [9.17, 15) is 4.57 Å². The van der Waals surface area contributed by atoms with Gasteiger partial charge in [0, 0.05) is 0 Å². The van der Waals surface area contributed by atoms with E-state index in [2.05, 4.69) is 0 Å². The Labute approximate surface area is 105 Å². The van der Waals surface area contributed by atoms with Crippen LogP contribution in [-0.2, 0) is 13.8 Å². The van der Waals surface area contributed by atoms with Crippen molar-refractivity contribution in [3.63, 3.8) is 0 Å². The molecule has 0 bridgehead atoms. The molecule has 17 heavy (non-hydrogen) atoms. The fraction of sp³-hybridized carbons (Fsp3) is 1.00. The maximum atomic E-state index is 11.5. The SMILES string of the molecule is CC(C)[P+](=O)OC[C@@H]1CC[C@H](C2CCCC2)O1. The zero-order valence-electron chi connectivity index (χ0n) is 10.9. The molecule has 1 saturated heterocycles. The van der Waals surface area contributed by atoms with E-state index in [0.717, 1.165) is 18.8 Å². The lowest BCUT2D eigenvalue weighted by atomic mass is 9.98. The first kappa shape index (κ1) is 13.5. The first-order chi connectivity index (χ1) is 8.16. The fourth-order valence-electron chi connectivity index (χ4n) is 2.84. The predicted molar refractivity (Wildman–Crippen MR) is 68.5 cm³/mol. The Hall–Kier alpha value is 0.0200. The number of ether oxygens (including phenoxy) is 1. The van der Waals surface area contributed by atoms with E-state index in [1.54, 1.807) is 0 Å². The second kappa shape index (κ2) is 6.26. The van der Waals surface area contributed by atoms with Crippen LogP contribution in [0.15, 0.2) is 0 Å². The molecule has 0 spiro atoms. The van der Waals surface area contributed by atoms with Crippen LogP contribution in [0.4, 0.5) is 0 Å². The molecule has 4 heteroatoms. The molecule has 0 radical (unpaired) electrons. The van der Waals surface area contributed by atoms with E-state index >= 15 is 0 Å². The van der Waals surface area contributed by atoms with Crippen LogP contribution in [0.3, 0.4) is 0 Å². The molecule has 0 aromatic heterocycles. The number of hydrogen-bond donors (Lipinski definition) is 0. The van der Waals surface area contributed by atoms with Crippen molar-refractivity contribution in [2.45, 2.75) is 70.2 Å². The average molecular weight is 259 g/mol.